The summed E-state index contributed by atoms with van der Waals surface area (Å²) in [6, 6.07) is 17.0. The molecule has 0 unspecified atom stereocenters. The molecule has 1 amide bonds. The summed E-state index contributed by atoms with van der Waals surface area (Å²) in [6.45, 7) is 0. The summed E-state index contributed by atoms with van der Waals surface area (Å²) in [7, 11) is 0. The molecule has 5 rings (SSSR count). The van der Waals surface area contributed by atoms with Gasteiger partial charge >= 0.3 is 6.18 Å². The standard InChI is InChI=1S/C25H17F3N6O/c26-25(27,28)18-10-17(11-19(29)13-18)24(35)32-20-3-1-2-16(12-20)22-6-9-31-23-14-21(33-34(22)23)15-4-7-30-8-5-15/h1-14H,29H2,(H,32,35). The molecule has 0 saturated carbocycles. The van der Waals surface area contributed by atoms with Crippen LogP contribution in [0, 0.1) is 0 Å². The number of halogens is 3. The van der Waals surface area contributed by atoms with Crippen LogP contribution in [-0.4, -0.2) is 25.5 Å². The van der Waals surface area contributed by atoms with Crippen LogP contribution in [0.15, 0.2) is 85.3 Å². The highest BCUT2D eigenvalue weighted by atomic mass is 19.4. The topological polar surface area (TPSA) is 98.2 Å². The normalized spacial score (nSPS) is 11.5. The largest absolute Gasteiger partial charge is 0.416 e. The Morgan fingerprint density at radius 2 is 1.71 bits per heavy atom. The minimum Gasteiger partial charge on any atom is -0.399 e. The van der Waals surface area contributed by atoms with Crippen LogP contribution in [0.25, 0.3) is 28.2 Å². The van der Waals surface area contributed by atoms with Crippen molar-refractivity contribution in [2.75, 3.05) is 11.1 Å². The lowest BCUT2D eigenvalue weighted by Gasteiger charge is -2.12. The van der Waals surface area contributed by atoms with Crippen LogP contribution in [0.3, 0.4) is 0 Å². The van der Waals surface area contributed by atoms with Gasteiger partial charge in [-0.25, -0.2) is 9.50 Å². The van der Waals surface area contributed by atoms with Crippen molar-refractivity contribution in [1.29, 1.82) is 0 Å². The number of carbonyl (C=O) groups is 1. The Morgan fingerprint density at radius 1 is 0.914 bits per heavy atom. The van der Waals surface area contributed by atoms with E-state index in [9.17, 15) is 18.0 Å². The van der Waals surface area contributed by atoms with Crippen molar-refractivity contribution >= 4 is 22.9 Å². The second-order valence-corrected chi connectivity index (χ2v) is 7.74. The van der Waals surface area contributed by atoms with E-state index in [1.54, 1.807) is 47.4 Å². The lowest BCUT2D eigenvalue weighted by Crippen LogP contribution is -2.15. The van der Waals surface area contributed by atoms with Gasteiger partial charge in [0, 0.05) is 52.7 Å². The quantitative estimate of drug-likeness (QED) is 0.344. The molecule has 174 valence electrons. The van der Waals surface area contributed by atoms with Crippen LogP contribution < -0.4 is 11.1 Å². The molecule has 2 aromatic carbocycles. The molecule has 0 saturated heterocycles. The zero-order valence-corrected chi connectivity index (χ0v) is 18.0. The predicted molar refractivity (Wildman–Crippen MR) is 125 cm³/mol. The molecular weight excluding hydrogens is 457 g/mol. The van der Waals surface area contributed by atoms with Crippen LogP contribution in [0.1, 0.15) is 15.9 Å². The number of amides is 1. The zero-order valence-electron chi connectivity index (χ0n) is 18.0. The number of hydrogen-bond acceptors (Lipinski definition) is 5. The van der Waals surface area contributed by atoms with Crippen LogP contribution >= 0.6 is 0 Å². The number of aromatic nitrogens is 4. The summed E-state index contributed by atoms with van der Waals surface area (Å²) in [4.78, 5) is 21.1. The zero-order chi connectivity index (χ0) is 24.6. The Kier molecular flexibility index (Phi) is 5.40. The number of rotatable bonds is 4. The van der Waals surface area contributed by atoms with Crippen molar-refractivity contribution in [3.05, 3.63) is 96.4 Å². The number of nitrogen functional groups attached to an aromatic ring is 1. The number of fused-ring (bicyclic) bond motifs is 1. The molecular formula is C25H17F3N6O. The molecule has 3 heterocycles. The second kappa shape index (κ2) is 8.56. The molecule has 10 heteroatoms. The second-order valence-electron chi connectivity index (χ2n) is 7.74. The first kappa shape index (κ1) is 22.1. The Hall–Kier alpha value is -4.73. The molecule has 0 fully saturated rings. The van der Waals surface area contributed by atoms with Gasteiger partial charge in [0.2, 0.25) is 0 Å². The Bertz CT molecular complexity index is 1550. The van der Waals surface area contributed by atoms with E-state index in [-0.39, 0.29) is 11.3 Å². The molecule has 0 bridgehead atoms. The van der Waals surface area contributed by atoms with Crippen molar-refractivity contribution in [2.24, 2.45) is 0 Å². The number of nitrogens with two attached hydrogens (primary N) is 1. The van der Waals surface area contributed by atoms with Gasteiger partial charge in [-0.3, -0.25) is 9.78 Å². The van der Waals surface area contributed by atoms with E-state index in [4.69, 9.17) is 5.73 Å². The van der Waals surface area contributed by atoms with Gasteiger partial charge < -0.3 is 11.1 Å². The van der Waals surface area contributed by atoms with Gasteiger partial charge in [0.15, 0.2) is 5.65 Å². The van der Waals surface area contributed by atoms with Crippen LogP contribution in [0.2, 0.25) is 0 Å². The highest BCUT2D eigenvalue weighted by Gasteiger charge is 2.31. The van der Waals surface area contributed by atoms with E-state index >= 15 is 0 Å². The van der Waals surface area contributed by atoms with Gasteiger partial charge in [-0.05, 0) is 48.5 Å². The maximum absolute atomic E-state index is 13.1. The first-order valence-corrected chi connectivity index (χ1v) is 10.4. The highest BCUT2D eigenvalue weighted by molar-refractivity contribution is 6.05. The number of pyridine rings is 1. The Morgan fingerprint density at radius 3 is 2.49 bits per heavy atom. The highest BCUT2D eigenvalue weighted by Crippen LogP contribution is 2.32. The fraction of sp³-hybridized carbons (Fsp3) is 0.0400. The van der Waals surface area contributed by atoms with E-state index in [1.165, 1.54) is 6.07 Å². The number of anilines is 2. The van der Waals surface area contributed by atoms with E-state index < -0.39 is 17.6 Å². The third-order valence-corrected chi connectivity index (χ3v) is 5.30. The molecule has 0 atom stereocenters. The summed E-state index contributed by atoms with van der Waals surface area (Å²) < 4.78 is 41.0. The fourth-order valence-corrected chi connectivity index (χ4v) is 3.68. The van der Waals surface area contributed by atoms with Gasteiger partial charge in [-0.1, -0.05) is 12.1 Å². The molecule has 3 aromatic heterocycles. The summed E-state index contributed by atoms with van der Waals surface area (Å²) >= 11 is 0. The van der Waals surface area contributed by atoms with E-state index in [0.717, 1.165) is 34.6 Å². The molecule has 35 heavy (non-hydrogen) atoms. The molecule has 7 nitrogen and oxygen atoms in total. The van der Waals surface area contributed by atoms with E-state index in [1.807, 2.05) is 24.3 Å². The Labute approximate surface area is 197 Å². The summed E-state index contributed by atoms with van der Waals surface area (Å²) in [5.74, 6) is -0.709. The number of hydrogen-bond donors (Lipinski definition) is 2. The van der Waals surface area contributed by atoms with Crippen LogP contribution in [0.4, 0.5) is 24.5 Å². The fourth-order valence-electron chi connectivity index (χ4n) is 3.68. The van der Waals surface area contributed by atoms with Gasteiger partial charge in [0.05, 0.1) is 17.0 Å². The number of nitrogens with zero attached hydrogens (tertiary/aromatic N) is 4. The number of carbonyl (C=O) groups excluding carboxylic acids is 1. The molecule has 3 N–H and O–H groups in total. The average Bonchev–Trinajstić information content (AvgIpc) is 3.28. The molecule has 0 radical (unpaired) electrons. The van der Waals surface area contributed by atoms with E-state index in [2.05, 4.69) is 20.4 Å². The van der Waals surface area contributed by atoms with Gasteiger partial charge in [-0.15, -0.1) is 0 Å². The summed E-state index contributed by atoms with van der Waals surface area (Å²) in [5, 5.41) is 7.30. The maximum atomic E-state index is 13.1. The first-order chi connectivity index (χ1) is 16.8. The van der Waals surface area contributed by atoms with Crippen molar-refractivity contribution in [1.82, 2.24) is 19.6 Å². The molecule has 0 aliphatic carbocycles. The lowest BCUT2D eigenvalue weighted by atomic mass is 10.1. The summed E-state index contributed by atoms with van der Waals surface area (Å²) in [5.41, 5.74) is 8.33. The van der Waals surface area contributed by atoms with Gasteiger partial charge in [0.25, 0.3) is 5.91 Å². The van der Waals surface area contributed by atoms with Crippen LogP contribution in [-0.2, 0) is 6.18 Å². The minimum atomic E-state index is -4.62. The number of alkyl halides is 3. The lowest BCUT2D eigenvalue weighted by molar-refractivity contribution is -0.137. The SMILES string of the molecule is Nc1cc(C(=O)Nc2cccc(-c3ccnc4cc(-c5ccncc5)nn34)c2)cc(C(F)(F)F)c1. The summed E-state index contributed by atoms with van der Waals surface area (Å²) in [6.07, 6.45) is 0.394. The molecule has 0 aliphatic heterocycles. The average molecular weight is 474 g/mol. The van der Waals surface area contributed by atoms with Gasteiger partial charge in [0.1, 0.15) is 0 Å². The van der Waals surface area contributed by atoms with Crippen molar-refractivity contribution in [2.45, 2.75) is 6.18 Å². The maximum Gasteiger partial charge on any atom is 0.416 e. The predicted octanol–water partition coefficient (Wildman–Crippen LogP) is 5.31. The van der Waals surface area contributed by atoms with Crippen molar-refractivity contribution in [3.63, 3.8) is 0 Å². The third kappa shape index (κ3) is 4.54. The molecule has 0 spiro atoms. The molecule has 5 aromatic rings. The van der Waals surface area contributed by atoms with Crippen molar-refractivity contribution in [3.8, 4) is 22.5 Å². The van der Waals surface area contributed by atoms with E-state index in [0.29, 0.717) is 11.3 Å². The monoisotopic (exact) mass is 474 g/mol. The first-order valence-electron chi connectivity index (χ1n) is 10.4. The van der Waals surface area contributed by atoms with Crippen LogP contribution in [0.5, 0.6) is 0 Å². The number of benzene rings is 2. The number of nitrogens with one attached hydrogen (secondary N) is 1. The molecule has 0 aliphatic rings. The minimum absolute atomic E-state index is 0.151. The smallest absolute Gasteiger partial charge is 0.399 e. The third-order valence-electron chi connectivity index (χ3n) is 5.30. The Balaban J connectivity index is 1.47. The van der Waals surface area contributed by atoms with Crippen molar-refractivity contribution < 1.29 is 18.0 Å². The van der Waals surface area contributed by atoms with Gasteiger partial charge in [-0.2, -0.15) is 18.3 Å².